The molecule has 1 aromatic rings. The van der Waals surface area contributed by atoms with Gasteiger partial charge in [-0.25, -0.2) is 0 Å². The number of hydrogen-bond acceptors (Lipinski definition) is 8. The fourth-order valence-electron chi connectivity index (χ4n) is 9.80. The highest BCUT2D eigenvalue weighted by Gasteiger charge is 2.43. The van der Waals surface area contributed by atoms with Crippen molar-refractivity contribution in [3.63, 3.8) is 0 Å². The molecule has 2 N–H and O–H groups in total. The molecule has 0 bridgehead atoms. The number of nitrogens with zero attached hydrogens (tertiary/aromatic N) is 3. The molecule has 65 heavy (non-hydrogen) atoms. The first-order valence-corrected chi connectivity index (χ1v) is 24.4. The van der Waals surface area contributed by atoms with E-state index in [-0.39, 0.29) is 78.9 Å². The van der Waals surface area contributed by atoms with Crippen molar-refractivity contribution in [3.8, 4) is 0 Å². The van der Waals surface area contributed by atoms with E-state index in [4.69, 9.17) is 9.47 Å². The number of hydrogen-bond donors (Lipinski definition) is 2. The van der Waals surface area contributed by atoms with Gasteiger partial charge in [-0.2, -0.15) is 0 Å². The Morgan fingerprint density at radius 1 is 0.862 bits per heavy atom. The van der Waals surface area contributed by atoms with Crippen molar-refractivity contribution in [2.45, 2.75) is 169 Å². The molecule has 1 saturated heterocycles. The van der Waals surface area contributed by atoms with Crippen LogP contribution in [-0.4, -0.2) is 127 Å². The number of methoxy groups -OCH3 is 2. The maximum absolute atomic E-state index is 14.7. The standard InChI is InChI=1S/C52H86N4O9/c1-14-16-20-28-53-45(58)26-21-27-46(59)54(10)48(35(5)6)37(8)30-41(34(3)4)51(61)55(11)49(36(7)15-2)44(64-12)33-47(60)56-29-22-25-42(56)50(65-13)38(9)43(57)32-40(52(62)63)31-39-23-18-17-19-24-39/h17-19,23-24,34-36,38,40-42,44,48-50H,8,14-16,20-22,25-33H2,1-7,9-13H3,(H,53,58)(H,62,63)/t36-,38-,40+,41-,42-,44+,48-,49?,50+/m0/s1. The lowest BCUT2D eigenvalue weighted by Gasteiger charge is -2.41. The molecule has 1 fully saturated rings. The van der Waals surface area contributed by atoms with Crippen molar-refractivity contribution in [3.05, 3.63) is 48.0 Å². The molecule has 1 heterocycles. The number of nitrogens with one attached hydrogen (secondary N) is 1. The maximum atomic E-state index is 14.7. The van der Waals surface area contributed by atoms with E-state index in [1.54, 1.807) is 42.8 Å². The van der Waals surface area contributed by atoms with Crippen LogP contribution in [0.4, 0.5) is 0 Å². The molecule has 0 saturated carbocycles. The van der Waals surface area contributed by atoms with Gasteiger partial charge < -0.3 is 34.6 Å². The topological polar surface area (TPSA) is 163 Å². The molecule has 2 rings (SSSR count). The number of amides is 4. The molecule has 13 heteroatoms. The largest absolute Gasteiger partial charge is 0.481 e. The number of Topliss-reactive ketones (excluding diaryl/α,β-unsaturated/α-hetero) is 1. The van der Waals surface area contributed by atoms with Gasteiger partial charge in [-0.15, -0.1) is 0 Å². The summed E-state index contributed by atoms with van der Waals surface area (Å²) in [6.45, 7) is 21.7. The van der Waals surface area contributed by atoms with Crippen molar-refractivity contribution in [1.29, 1.82) is 0 Å². The van der Waals surface area contributed by atoms with Crippen LogP contribution in [0.25, 0.3) is 0 Å². The van der Waals surface area contributed by atoms with Crippen LogP contribution in [0.5, 0.6) is 0 Å². The molecule has 1 aliphatic heterocycles. The smallest absolute Gasteiger partial charge is 0.307 e. The molecule has 0 aromatic heterocycles. The molecule has 0 spiro atoms. The summed E-state index contributed by atoms with van der Waals surface area (Å²) in [6.07, 6.45) is 5.37. The molecule has 0 aliphatic carbocycles. The number of carboxylic acid groups (broad SMARTS) is 1. The second kappa shape index (κ2) is 28.8. The van der Waals surface area contributed by atoms with Crippen molar-refractivity contribution < 1.29 is 43.3 Å². The lowest BCUT2D eigenvalue weighted by atomic mass is 9.82. The number of aliphatic carboxylic acids is 1. The Kier molecular flexibility index (Phi) is 25.3. The minimum Gasteiger partial charge on any atom is -0.481 e. The second-order valence-electron chi connectivity index (χ2n) is 19.3. The van der Waals surface area contributed by atoms with Gasteiger partial charge in [0.1, 0.15) is 5.78 Å². The third-order valence-electron chi connectivity index (χ3n) is 13.8. The van der Waals surface area contributed by atoms with Gasteiger partial charge in [0, 0.05) is 72.5 Å². The van der Waals surface area contributed by atoms with E-state index in [0.717, 1.165) is 43.2 Å². The van der Waals surface area contributed by atoms with Crippen LogP contribution in [0, 0.1) is 35.5 Å². The predicted molar refractivity (Wildman–Crippen MR) is 257 cm³/mol. The van der Waals surface area contributed by atoms with Crippen molar-refractivity contribution in [2.75, 3.05) is 41.4 Å². The van der Waals surface area contributed by atoms with Crippen molar-refractivity contribution in [2.24, 2.45) is 35.5 Å². The average Bonchev–Trinajstić information content (AvgIpc) is 3.76. The zero-order valence-corrected chi connectivity index (χ0v) is 42.1. The van der Waals surface area contributed by atoms with Gasteiger partial charge in [0.2, 0.25) is 23.6 Å². The monoisotopic (exact) mass is 911 g/mol. The molecular formula is C52H86N4O9. The third kappa shape index (κ3) is 17.2. The van der Waals surface area contributed by atoms with E-state index in [2.05, 4.69) is 32.7 Å². The van der Waals surface area contributed by atoms with Gasteiger partial charge in [-0.1, -0.05) is 117 Å². The summed E-state index contributed by atoms with van der Waals surface area (Å²) in [7, 11) is 6.67. The second-order valence-corrected chi connectivity index (χ2v) is 19.3. The fourth-order valence-corrected chi connectivity index (χ4v) is 9.80. The van der Waals surface area contributed by atoms with Crippen LogP contribution in [-0.2, 0) is 44.7 Å². The minimum absolute atomic E-state index is 0.0124. The quantitative estimate of drug-likeness (QED) is 0.0556. The van der Waals surface area contributed by atoms with E-state index in [0.29, 0.717) is 38.8 Å². The number of rotatable bonds is 31. The zero-order chi connectivity index (χ0) is 49.0. The predicted octanol–water partition coefficient (Wildman–Crippen LogP) is 7.99. The SMILES string of the molecule is C=C(C[C@H](C(=O)N(C)C([C@@H](C)CC)[C@@H](CC(=O)N1CCC[C@H]1[C@H](OC)[C@@H](C)C(=O)C[C@@H](Cc1ccccc1)C(=O)O)OC)C(C)C)[C@H](C(C)C)N(C)C(=O)CCCC(=O)NCCCCC. The summed E-state index contributed by atoms with van der Waals surface area (Å²) in [5.74, 6) is -3.64. The van der Waals surface area contributed by atoms with Crippen LogP contribution in [0.1, 0.15) is 138 Å². The maximum Gasteiger partial charge on any atom is 0.307 e. The number of carbonyl (C=O) groups excluding carboxylic acids is 5. The molecule has 0 radical (unpaired) electrons. The fraction of sp³-hybridized carbons (Fsp3) is 0.731. The van der Waals surface area contributed by atoms with Crippen LogP contribution in [0.3, 0.4) is 0 Å². The highest BCUT2D eigenvalue weighted by Crippen LogP contribution is 2.33. The number of benzene rings is 1. The van der Waals surface area contributed by atoms with Gasteiger partial charge in [0.15, 0.2) is 0 Å². The van der Waals surface area contributed by atoms with Gasteiger partial charge in [-0.3, -0.25) is 28.8 Å². The first kappa shape index (κ1) is 57.0. The molecule has 1 unspecified atom stereocenters. The Morgan fingerprint density at radius 3 is 2.08 bits per heavy atom. The van der Waals surface area contributed by atoms with Gasteiger partial charge in [-0.05, 0) is 61.8 Å². The Hall–Kier alpha value is -4.10. The Balaban J connectivity index is 2.22. The number of unbranched alkanes of at least 4 members (excludes halogenated alkanes) is 2. The van der Waals surface area contributed by atoms with Crippen LogP contribution < -0.4 is 5.32 Å². The highest BCUT2D eigenvalue weighted by molar-refractivity contribution is 5.86. The molecule has 368 valence electrons. The van der Waals surface area contributed by atoms with Crippen LogP contribution >= 0.6 is 0 Å². The summed E-state index contributed by atoms with van der Waals surface area (Å²) in [5, 5.41) is 12.9. The summed E-state index contributed by atoms with van der Waals surface area (Å²) in [5.41, 5.74) is 1.63. The van der Waals surface area contributed by atoms with Crippen molar-refractivity contribution >= 4 is 35.4 Å². The summed E-state index contributed by atoms with van der Waals surface area (Å²) >= 11 is 0. The number of ketones is 1. The van der Waals surface area contributed by atoms with E-state index in [1.807, 2.05) is 58.0 Å². The highest BCUT2D eigenvalue weighted by atomic mass is 16.5. The Labute approximate surface area is 391 Å². The molecule has 1 aliphatic rings. The Bertz CT molecular complexity index is 1670. The molecule has 1 aromatic carbocycles. The number of ether oxygens (including phenoxy) is 2. The normalized spacial score (nSPS) is 17.7. The van der Waals surface area contributed by atoms with Crippen LogP contribution in [0.2, 0.25) is 0 Å². The van der Waals surface area contributed by atoms with Gasteiger partial charge in [0.25, 0.3) is 0 Å². The minimum atomic E-state index is -1.03. The lowest BCUT2D eigenvalue weighted by Crippen LogP contribution is -2.54. The summed E-state index contributed by atoms with van der Waals surface area (Å²) < 4.78 is 12.1. The van der Waals surface area contributed by atoms with Gasteiger partial charge in [0.05, 0.1) is 42.7 Å². The van der Waals surface area contributed by atoms with Crippen molar-refractivity contribution in [1.82, 2.24) is 20.0 Å². The number of likely N-dealkylation sites (N-methyl/N-ethyl adjacent to an activating group) is 2. The van der Waals surface area contributed by atoms with E-state index in [9.17, 15) is 33.9 Å². The first-order chi connectivity index (χ1) is 30.7. The summed E-state index contributed by atoms with van der Waals surface area (Å²) in [4.78, 5) is 86.1. The molecule has 4 amide bonds. The lowest BCUT2D eigenvalue weighted by molar-refractivity contribution is -0.148. The molecule has 9 atom stereocenters. The molecule has 13 nitrogen and oxygen atoms in total. The Morgan fingerprint density at radius 2 is 1.52 bits per heavy atom. The third-order valence-corrected chi connectivity index (χ3v) is 13.8. The number of carbonyl (C=O) groups is 6. The van der Waals surface area contributed by atoms with E-state index >= 15 is 0 Å². The number of likely N-dealkylation sites (tertiary alicyclic amines) is 1. The number of carboxylic acids is 1. The van der Waals surface area contributed by atoms with E-state index in [1.165, 1.54) is 7.11 Å². The van der Waals surface area contributed by atoms with E-state index < -0.39 is 48.0 Å². The summed E-state index contributed by atoms with van der Waals surface area (Å²) in [6, 6.07) is 8.12. The van der Waals surface area contributed by atoms with Gasteiger partial charge >= 0.3 is 5.97 Å². The molecular weight excluding hydrogens is 825 g/mol. The first-order valence-electron chi connectivity index (χ1n) is 24.4. The average molecular weight is 911 g/mol. The zero-order valence-electron chi connectivity index (χ0n) is 42.1. The van der Waals surface area contributed by atoms with Crippen LogP contribution in [0.15, 0.2) is 42.5 Å².